The van der Waals surface area contributed by atoms with Crippen LogP contribution in [0, 0.1) is 0 Å². The van der Waals surface area contributed by atoms with Crippen molar-refractivity contribution in [3.8, 4) is 0 Å². The first-order valence-corrected chi connectivity index (χ1v) is 7.56. The molecule has 0 atom stereocenters. The molecule has 5 heteroatoms. The predicted octanol–water partition coefficient (Wildman–Crippen LogP) is 3.10. The Morgan fingerprint density at radius 3 is 2.26 bits per heavy atom. The quantitative estimate of drug-likeness (QED) is 0.800. The normalized spacial score (nSPS) is 20.8. The Hall–Kier alpha value is -0.385. The van der Waals surface area contributed by atoms with E-state index in [4.69, 9.17) is 9.31 Å². The molecule has 0 spiro atoms. The van der Waals surface area contributed by atoms with Crippen molar-refractivity contribution in [2.75, 3.05) is 0 Å². The van der Waals surface area contributed by atoms with E-state index in [9.17, 15) is 0 Å². The van der Waals surface area contributed by atoms with Crippen LogP contribution in [0.2, 0.25) is 0 Å². The lowest BCUT2D eigenvalue weighted by atomic mass is 9.84. The van der Waals surface area contributed by atoms with Crippen LogP contribution in [-0.4, -0.2) is 23.3 Å². The molecule has 3 nitrogen and oxygen atoms in total. The van der Waals surface area contributed by atoms with Crippen LogP contribution in [0.1, 0.15) is 46.6 Å². The van der Waals surface area contributed by atoms with Crippen molar-refractivity contribution in [1.82, 2.24) is 4.98 Å². The van der Waals surface area contributed by atoms with Gasteiger partial charge < -0.3 is 9.31 Å². The maximum Gasteiger partial charge on any atom is 0.514 e. The zero-order valence-corrected chi connectivity index (χ0v) is 13.9. The molecule has 0 amide bonds. The number of pyridine rings is 1. The summed E-state index contributed by atoms with van der Waals surface area (Å²) < 4.78 is 13.1. The monoisotopic (exact) mass is 325 g/mol. The zero-order valence-electron chi connectivity index (χ0n) is 12.3. The Balaban J connectivity index is 2.23. The molecule has 0 saturated carbocycles. The number of halogens is 1. The van der Waals surface area contributed by atoms with Crippen molar-refractivity contribution in [2.45, 2.75) is 58.7 Å². The lowest BCUT2D eigenvalue weighted by Crippen LogP contribution is -2.41. The summed E-state index contributed by atoms with van der Waals surface area (Å²) in [7, 11) is -0.392. The highest BCUT2D eigenvalue weighted by Gasteiger charge is 2.52. The van der Waals surface area contributed by atoms with Gasteiger partial charge in [-0.2, -0.15) is 0 Å². The van der Waals surface area contributed by atoms with E-state index in [-0.39, 0.29) is 11.2 Å². The molecule has 0 aromatic carbocycles. The summed E-state index contributed by atoms with van der Waals surface area (Å²) >= 11 is 3.60. The lowest BCUT2D eigenvalue weighted by Gasteiger charge is -2.32. The van der Waals surface area contributed by atoms with E-state index in [2.05, 4.69) is 27.8 Å². The van der Waals surface area contributed by atoms with Gasteiger partial charge >= 0.3 is 7.12 Å². The highest BCUT2D eigenvalue weighted by Crippen LogP contribution is 2.36. The van der Waals surface area contributed by atoms with Crippen molar-refractivity contribution >= 4 is 28.6 Å². The fourth-order valence-corrected chi connectivity index (χ4v) is 2.56. The van der Waals surface area contributed by atoms with E-state index in [0.29, 0.717) is 0 Å². The maximum atomic E-state index is 6.00. The number of nitrogens with zero attached hydrogens (tertiary/aromatic N) is 1. The molecule has 2 heterocycles. The summed E-state index contributed by atoms with van der Waals surface area (Å²) in [6.45, 7) is 10.4. The van der Waals surface area contributed by atoms with Crippen LogP contribution >= 0.6 is 15.9 Å². The minimum atomic E-state index is -0.392. The molecule has 104 valence electrons. The summed E-state index contributed by atoms with van der Waals surface area (Å²) in [5.74, 6) is 0. The van der Waals surface area contributed by atoms with Crippen LogP contribution in [-0.2, 0) is 15.7 Å². The number of hydrogen-bond donors (Lipinski definition) is 0. The predicted molar refractivity (Wildman–Crippen MR) is 81.6 cm³/mol. The highest BCUT2D eigenvalue weighted by atomic mass is 79.9. The average molecular weight is 326 g/mol. The fourth-order valence-electron chi connectivity index (χ4n) is 2.02. The third-order valence-corrected chi connectivity index (χ3v) is 4.70. The molecule has 0 bridgehead atoms. The van der Waals surface area contributed by atoms with Gasteiger partial charge in [0.2, 0.25) is 0 Å². The third kappa shape index (κ3) is 2.88. The van der Waals surface area contributed by atoms with Crippen LogP contribution < -0.4 is 5.59 Å². The van der Waals surface area contributed by atoms with Gasteiger partial charge in [-0.05, 0) is 45.7 Å². The van der Waals surface area contributed by atoms with Gasteiger partial charge in [0, 0.05) is 10.7 Å². The maximum absolute atomic E-state index is 6.00. The smallest absolute Gasteiger partial charge is 0.398 e. The fraction of sp³-hybridized carbons (Fsp3) is 0.643. The van der Waals surface area contributed by atoms with E-state index in [1.54, 1.807) is 0 Å². The first-order chi connectivity index (χ1) is 8.77. The molecular weight excluding hydrogens is 305 g/mol. The van der Waals surface area contributed by atoms with Crippen molar-refractivity contribution in [3.63, 3.8) is 0 Å². The van der Waals surface area contributed by atoms with Crippen molar-refractivity contribution < 1.29 is 9.31 Å². The number of hydrogen-bond acceptors (Lipinski definition) is 3. The van der Waals surface area contributed by atoms with Crippen molar-refractivity contribution in [2.24, 2.45) is 0 Å². The van der Waals surface area contributed by atoms with E-state index in [1.807, 2.05) is 40.0 Å². The van der Waals surface area contributed by atoms with E-state index in [0.717, 1.165) is 22.9 Å². The van der Waals surface area contributed by atoms with E-state index in [1.165, 1.54) is 5.56 Å². The number of rotatable bonds is 3. The van der Waals surface area contributed by atoms with E-state index < -0.39 is 7.12 Å². The average Bonchev–Trinajstić information content (AvgIpc) is 2.51. The first-order valence-electron chi connectivity index (χ1n) is 6.77. The van der Waals surface area contributed by atoms with Crippen LogP contribution in [0.4, 0.5) is 0 Å². The Labute approximate surface area is 124 Å². The largest absolute Gasteiger partial charge is 0.514 e. The number of aromatic nitrogens is 1. The molecule has 1 aromatic heterocycles. The summed E-state index contributed by atoms with van der Waals surface area (Å²) in [4.78, 5) is 4.49. The number of aryl methyl sites for hydroxylation is 1. The van der Waals surface area contributed by atoms with Gasteiger partial charge in [-0.25, -0.2) is 0 Å². The van der Waals surface area contributed by atoms with Gasteiger partial charge in [0.25, 0.3) is 0 Å². The van der Waals surface area contributed by atoms with Crippen molar-refractivity contribution in [3.05, 3.63) is 22.3 Å². The molecule has 0 N–H and O–H groups in total. The van der Waals surface area contributed by atoms with Crippen molar-refractivity contribution in [1.29, 1.82) is 0 Å². The topological polar surface area (TPSA) is 31.4 Å². The second-order valence-electron chi connectivity index (χ2n) is 6.04. The molecular formula is C14H21BBrNO2. The molecule has 1 aromatic rings. The van der Waals surface area contributed by atoms with Gasteiger partial charge in [-0.1, -0.05) is 29.3 Å². The third-order valence-electron chi connectivity index (χ3n) is 3.96. The van der Waals surface area contributed by atoms with Crippen LogP contribution in [0.3, 0.4) is 0 Å². The molecule has 19 heavy (non-hydrogen) atoms. The SMILES string of the molecule is CCCc1cnc(B2OC(C)(C)C(C)(C)O2)cc1Br. The van der Waals surface area contributed by atoms with Gasteiger partial charge in [-0.3, -0.25) is 4.98 Å². The Morgan fingerprint density at radius 1 is 1.21 bits per heavy atom. The Morgan fingerprint density at radius 2 is 1.79 bits per heavy atom. The summed E-state index contributed by atoms with van der Waals surface area (Å²) in [6.07, 6.45) is 4.04. The summed E-state index contributed by atoms with van der Waals surface area (Å²) in [6, 6.07) is 2.01. The Kier molecular flexibility index (Phi) is 4.10. The minimum Gasteiger partial charge on any atom is -0.398 e. The molecule has 1 aliphatic heterocycles. The highest BCUT2D eigenvalue weighted by molar-refractivity contribution is 9.10. The van der Waals surface area contributed by atoms with Crippen LogP contribution in [0.15, 0.2) is 16.7 Å². The van der Waals surface area contributed by atoms with Crippen LogP contribution in [0.5, 0.6) is 0 Å². The molecule has 2 rings (SSSR count). The second-order valence-corrected chi connectivity index (χ2v) is 6.89. The molecule has 1 aliphatic rings. The van der Waals surface area contributed by atoms with Gasteiger partial charge in [0.05, 0.1) is 16.8 Å². The minimum absolute atomic E-state index is 0.325. The molecule has 1 saturated heterocycles. The Bertz CT molecular complexity index is 461. The standard InChI is InChI=1S/C14H21BBrNO2/c1-6-7-10-9-17-12(8-11(10)16)15-18-13(2,3)14(4,5)19-15/h8-9H,6-7H2,1-5H3. The van der Waals surface area contributed by atoms with E-state index >= 15 is 0 Å². The molecule has 0 aliphatic carbocycles. The summed E-state index contributed by atoms with van der Waals surface area (Å²) in [5.41, 5.74) is 1.40. The van der Waals surface area contributed by atoms with Crippen LogP contribution in [0.25, 0.3) is 0 Å². The van der Waals surface area contributed by atoms with Gasteiger partial charge in [0.15, 0.2) is 0 Å². The molecule has 0 unspecified atom stereocenters. The van der Waals surface area contributed by atoms with Gasteiger partial charge in [-0.15, -0.1) is 0 Å². The molecule has 0 radical (unpaired) electrons. The first kappa shape index (κ1) is 15.0. The zero-order chi connectivity index (χ0) is 14.3. The lowest BCUT2D eigenvalue weighted by molar-refractivity contribution is 0.00578. The van der Waals surface area contributed by atoms with Gasteiger partial charge in [0.1, 0.15) is 0 Å². The summed E-state index contributed by atoms with van der Waals surface area (Å²) in [5, 5.41) is 0. The molecule has 1 fully saturated rings. The second kappa shape index (κ2) is 5.19.